The quantitative estimate of drug-likeness (QED) is 0.785. The molecule has 2 aromatic carbocycles. The van der Waals surface area contributed by atoms with Crippen molar-refractivity contribution in [2.24, 2.45) is 0 Å². The molecule has 0 saturated heterocycles. The number of hydrogen-bond donors (Lipinski definition) is 2. The molecule has 112 valence electrons. The van der Waals surface area contributed by atoms with E-state index in [2.05, 4.69) is 15.9 Å². The van der Waals surface area contributed by atoms with Crippen molar-refractivity contribution in [1.29, 1.82) is 0 Å². The van der Waals surface area contributed by atoms with E-state index < -0.39 is 0 Å². The van der Waals surface area contributed by atoms with Crippen LogP contribution in [0.4, 0.5) is 10.1 Å². The monoisotopic (exact) mass is 352 g/mol. The van der Waals surface area contributed by atoms with Gasteiger partial charge in [-0.15, -0.1) is 0 Å². The summed E-state index contributed by atoms with van der Waals surface area (Å²) >= 11 is 3.35. The number of halogens is 2. The third-order valence-corrected chi connectivity index (χ3v) is 3.67. The lowest BCUT2D eigenvalue weighted by molar-refractivity contribution is 0.183. The second kappa shape index (κ2) is 7.54. The first kappa shape index (κ1) is 15.9. The van der Waals surface area contributed by atoms with Crippen LogP contribution >= 0.6 is 15.9 Å². The molecule has 2 aromatic rings. The SMILES string of the molecule is Nc1cccc(CN(CCO)Cc2cc(Br)ccc2F)c1. The number of anilines is 1. The Morgan fingerprint density at radius 3 is 2.67 bits per heavy atom. The van der Waals surface area contributed by atoms with E-state index in [0.29, 0.717) is 30.9 Å². The normalized spacial score (nSPS) is 11.0. The van der Waals surface area contributed by atoms with Crippen LogP contribution in [0.5, 0.6) is 0 Å². The van der Waals surface area contributed by atoms with Gasteiger partial charge in [-0.25, -0.2) is 4.39 Å². The largest absolute Gasteiger partial charge is 0.399 e. The average molecular weight is 353 g/mol. The maximum Gasteiger partial charge on any atom is 0.127 e. The molecule has 0 atom stereocenters. The zero-order valence-corrected chi connectivity index (χ0v) is 13.2. The van der Waals surface area contributed by atoms with E-state index in [1.807, 2.05) is 29.2 Å². The highest BCUT2D eigenvalue weighted by molar-refractivity contribution is 9.10. The van der Waals surface area contributed by atoms with Gasteiger partial charge in [0.15, 0.2) is 0 Å². The molecule has 0 aliphatic rings. The molecular formula is C16H18BrFN2O. The molecule has 3 nitrogen and oxygen atoms in total. The number of nitrogens with two attached hydrogens (primary N) is 1. The Balaban J connectivity index is 2.13. The van der Waals surface area contributed by atoms with E-state index in [4.69, 9.17) is 5.73 Å². The number of nitrogens with zero attached hydrogens (tertiary/aromatic N) is 1. The molecule has 3 N–H and O–H groups in total. The van der Waals surface area contributed by atoms with Crippen molar-refractivity contribution in [3.63, 3.8) is 0 Å². The average Bonchev–Trinajstić information content (AvgIpc) is 2.43. The van der Waals surface area contributed by atoms with Crippen LogP contribution in [0.3, 0.4) is 0 Å². The van der Waals surface area contributed by atoms with Gasteiger partial charge in [0, 0.05) is 35.4 Å². The fourth-order valence-corrected chi connectivity index (χ4v) is 2.62. The van der Waals surface area contributed by atoms with E-state index in [1.54, 1.807) is 12.1 Å². The molecule has 0 aromatic heterocycles. The van der Waals surface area contributed by atoms with Gasteiger partial charge in [-0.2, -0.15) is 0 Å². The highest BCUT2D eigenvalue weighted by Gasteiger charge is 2.10. The lowest BCUT2D eigenvalue weighted by Crippen LogP contribution is -2.26. The zero-order chi connectivity index (χ0) is 15.2. The van der Waals surface area contributed by atoms with E-state index in [9.17, 15) is 9.50 Å². The molecule has 21 heavy (non-hydrogen) atoms. The van der Waals surface area contributed by atoms with Gasteiger partial charge in [-0.1, -0.05) is 28.1 Å². The Kier molecular flexibility index (Phi) is 5.73. The summed E-state index contributed by atoms with van der Waals surface area (Å²) in [4.78, 5) is 1.99. The zero-order valence-electron chi connectivity index (χ0n) is 11.6. The van der Waals surface area contributed by atoms with Crippen molar-refractivity contribution >= 4 is 21.6 Å². The molecule has 0 radical (unpaired) electrons. The Hall–Kier alpha value is -1.43. The maximum absolute atomic E-state index is 13.8. The van der Waals surface area contributed by atoms with Crippen molar-refractivity contribution < 1.29 is 9.50 Å². The van der Waals surface area contributed by atoms with E-state index in [1.165, 1.54) is 6.07 Å². The summed E-state index contributed by atoms with van der Waals surface area (Å²) in [5.41, 5.74) is 8.11. The Morgan fingerprint density at radius 1 is 1.14 bits per heavy atom. The first-order valence-electron chi connectivity index (χ1n) is 6.70. The van der Waals surface area contributed by atoms with Crippen LogP contribution in [0, 0.1) is 5.82 Å². The number of rotatable bonds is 6. The van der Waals surface area contributed by atoms with Crippen molar-refractivity contribution in [2.75, 3.05) is 18.9 Å². The summed E-state index contributed by atoms with van der Waals surface area (Å²) in [6.07, 6.45) is 0. The van der Waals surface area contributed by atoms with E-state index >= 15 is 0 Å². The molecule has 0 amide bonds. The van der Waals surface area contributed by atoms with Crippen LogP contribution < -0.4 is 5.73 Å². The van der Waals surface area contributed by atoms with Crippen molar-refractivity contribution in [3.05, 3.63) is 63.9 Å². The molecule has 0 unspecified atom stereocenters. The van der Waals surface area contributed by atoms with Crippen LogP contribution in [0.1, 0.15) is 11.1 Å². The molecule has 0 aliphatic carbocycles. The van der Waals surface area contributed by atoms with Crippen molar-refractivity contribution in [2.45, 2.75) is 13.1 Å². The second-order valence-corrected chi connectivity index (χ2v) is 5.83. The van der Waals surface area contributed by atoms with Gasteiger partial charge < -0.3 is 10.8 Å². The second-order valence-electron chi connectivity index (χ2n) is 4.92. The number of aliphatic hydroxyl groups excluding tert-OH is 1. The van der Waals surface area contributed by atoms with Gasteiger partial charge >= 0.3 is 0 Å². The molecule has 2 rings (SSSR count). The van der Waals surface area contributed by atoms with Gasteiger partial charge in [0.2, 0.25) is 0 Å². The maximum atomic E-state index is 13.8. The van der Waals surface area contributed by atoms with Crippen LogP contribution in [0.2, 0.25) is 0 Å². The number of nitrogen functional groups attached to an aromatic ring is 1. The Morgan fingerprint density at radius 2 is 1.95 bits per heavy atom. The first-order valence-corrected chi connectivity index (χ1v) is 7.49. The van der Waals surface area contributed by atoms with Crippen LogP contribution in [0.15, 0.2) is 46.9 Å². The van der Waals surface area contributed by atoms with E-state index in [-0.39, 0.29) is 12.4 Å². The minimum atomic E-state index is -0.242. The number of aliphatic hydroxyl groups is 1. The summed E-state index contributed by atoms with van der Waals surface area (Å²) in [5.74, 6) is -0.242. The van der Waals surface area contributed by atoms with Gasteiger partial charge in [-0.05, 0) is 35.9 Å². The number of hydrogen-bond acceptors (Lipinski definition) is 3. The van der Waals surface area contributed by atoms with Gasteiger partial charge in [0.25, 0.3) is 0 Å². The predicted octanol–water partition coefficient (Wildman–Crippen LogP) is 3.16. The minimum absolute atomic E-state index is 0.0257. The third kappa shape index (κ3) is 4.81. The molecule has 0 heterocycles. The summed E-state index contributed by atoms with van der Waals surface area (Å²) in [6, 6.07) is 12.5. The molecule has 0 spiro atoms. The van der Waals surface area contributed by atoms with Crippen LogP contribution in [-0.4, -0.2) is 23.2 Å². The summed E-state index contributed by atoms with van der Waals surface area (Å²) < 4.78 is 14.7. The lowest BCUT2D eigenvalue weighted by Gasteiger charge is -2.22. The summed E-state index contributed by atoms with van der Waals surface area (Å²) in [5, 5.41) is 9.20. The summed E-state index contributed by atoms with van der Waals surface area (Å²) in [6.45, 7) is 1.54. The van der Waals surface area contributed by atoms with Gasteiger partial charge in [-0.3, -0.25) is 4.90 Å². The van der Waals surface area contributed by atoms with Crippen LogP contribution in [-0.2, 0) is 13.1 Å². The molecule has 0 fully saturated rings. The first-order chi connectivity index (χ1) is 10.1. The number of benzene rings is 2. The highest BCUT2D eigenvalue weighted by Crippen LogP contribution is 2.18. The van der Waals surface area contributed by atoms with Crippen molar-refractivity contribution in [3.8, 4) is 0 Å². The Labute approximate surface area is 132 Å². The van der Waals surface area contributed by atoms with Crippen molar-refractivity contribution in [1.82, 2.24) is 4.90 Å². The predicted molar refractivity (Wildman–Crippen MR) is 86.2 cm³/mol. The lowest BCUT2D eigenvalue weighted by atomic mass is 10.1. The summed E-state index contributed by atoms with van der Waals surface area (Å²) in [7, 11) is 0. The molecule has 0 aliphatic heterocycles. The molecule has 5 heteroatoms. The molecule has 0 bridgehead atoms. The fraction of sp³-hybridized carbons (Fsp3) is 0.250. The smallest absolute Gasteiger partial charge is 0.127 e. The molecular weight excluding hydrogens is 335 g/mol. The van der Waals surface area contributed by atoms with Gasteiger partial charge in [0.05, 0.1) is 6.61 Å². The van der Waals surface area contributed by atoms with Crippen LogP contribution in [0.25, 0.3) is 0 Å². The highest BCUT2D eigenvalue weighted by atomic mass is 79.9. The Bertz CT molecular complexity index is 607. The third-order valence-electron chi connectivity index (χ3n) is 3.18. The van der Waals surface area contributed by atoms with E-state index in [0.717, 1.165) is 10.0 Å². The minimum Gasteiger partial charge on any atom is -0.399 e. The fourth-order valence-electron chi connectivity index (χ4n) is 2.21. The van der Waals surface area contributed by atoms with Gasteiger partial charge in [0.1, 0.15) is 5.82 Å². The molecule has 0 saturated carbocycles. The topological polar surface area (TPSA) is 49.5 Å². The standard InChI is InChI=1S/C16H18BrFN2O/c17-14-4-5-16(18)13(9-14)11-20(6-7-21)10-12-2-1-3-15(19)8-12/h1-5,8-9,21H,6-7,10-11,19H2.